The van der Waals surface area contributed by atoms with Gasteiger partial charge in [-0.3, -0.25) is 0 Å². The molecule has 0 unspecified atom stereocenters. The molecule has 0 radical (unpaired) electrons. The summed E-state index contributed by atoms with van der Waals surface area (Å²) in [5.74, 6) is 0.667. The Morgan fingerprint density at radius 1 is 1.14 bits per heavy atom. The molecular weight excluding hydrogens is 264 g/mol. The average molecular weight is 286 g/mol. The summed E-state index contributed by atoms with van der Waals surface area (Å²) in [7, 11) is 0. The number of fused-ring (bicyclic) bond motifs is 1. The Morgan fingerprint density at radius 3 is 2.52 bits per heavy atom. The van der Waals surface area contributed by atoms with Gasteiger partial charge in [0.2, 0.25) is 5.89 Å². The molecular formula is C16H22N4O. The highest BCUT2D eigenvalue weighted by Gasteiger charge is 2.18. The van der Waals surface area contributed by atoms with E-state index < -0.39 is 0 Å². The Bertz CT molecular complexity index is 554. The first-order valence-corrected chi connectivity index (χ1v) is 7.71. The van der Waals surface area contributed by atoms with Crippen LogP contribution in [0.25, 0.3) is 0 Å². The molecule has 0 atom stereocenters. The summed E-state index contributed by atoms with van der Waals surface area (Å²) in [5, 5.41) is 11.6. The van der Waals surface area contributed by atoms with Crippen molar-refractivity contribution in [3.05, 3.63) is 41.3 Å². The highest BCUT2D eigenvalue weighted by atomic mass is 16.4. The van der Waals surface area contributed by atoms with Crippen LogP contribution >= 0.6 is 0 Å². The van der Waals surface area contributed by atoms with Crippen molar-refractivity contribution in [1.82, 2.24) is 15.5 Å². The third kappa shape index (κ3) is 3.42. The molecule has 0 spiro atoms. The third-order valence-electron chi connectivity index (χ3n) is 3.85. The quantitative estimate of drug-likeness (QED) is 0.854. The maximum Gasteiger partial charge on any atom is 0.318 e. The van der Waals surface area contributed by atoms with Crippen LogP contribution in [0.1, 0.15) is 30.4 Å². The molecule has 2 heterocycles. The van der Waals surface area contributed by atoms with E-state index in [1.165, 1.54) is 11.1 Å². The molecule has 0 amide bonds. The fourth-order valence-corrected chi connectivity index (χ4v) is 2.68. The summed E-state index contributed by atoms with van der Waals surface area (Å²) in [4.78, 5) is 2.19. The standard InChI is InChI=1S/C16H22N4O/c1-2-9-17-12-15-18-19-16(21-15)20-10-7-13-5-3-4-6-14(13)8-11-20/h3-6,17H,2,7-12H2,1H3. The lowest BCUT2D eigenvalue weighted by atomic mass is 10.0. The predicted octanol–water partition coefficient (Wildman–Crippen LogP) is 2.17. The lowest BCUT2D eigenvalue weighted by Gasteiger charge is -2.16. The van der Waals surface area contributed by atoms with Crippen LogP contribution in [0.3, 0.4) is 0 Å². The van der Waals surface area contributed by atoms with E-state index >= 15 is 0 Å². The molecule has 0 saturated carbocycles. The normalized spacial score (nSPS) is 14.8. The maximum absolute atomic E-state index is 5.77. The first kappa shape index (κ1) is 14.1. The van der Waals surface area contributed by atoms with Crippen LogP contribution in [-0.2, 0) is 19.4 Å². The van der Waals surface area contributed by atoms with Crippen molar-refractivity contribution in [3.8, 4) is 0 Å². The van der Waals surface area contributed by atoms with Crippen molar-refractivity contribution in [1.29, 1.82) is 0 Å². The molecule has 3 rings (SSSR count). The summed E-state index contributed by atoms with van der Waals surface area (Å²) in [5.41, 5.74) is 2.87. The van der Waals surface area contributed by atoms with Crippen molar-refractivity contribution in [3.63, 3.8) is 0 Å². The summed E-state index contributed by atoms with van der Waals surface area (Å²) in [6.45, 7) is 5.62. The third-order valence-corrected chi connectivity index (χ3v) is 3.85. The van der Waals surface area contributed by atoms with E-state index in [0.29, 0.717) is 18.5 Å². The second-order valence-corrected chi connectivity index (χ2v) is 5.41. The predicted molar refractivity (Wildman–Crippen MR) is 82.4 cm³/mol. The number of hydrogen-bond donors (Lipinski definition) is 1. The molecule has 1 aliphatic rings. The molecule has 1 aliphatic heterocycles. The van der Waals surface area contributed by atoms with Gasteiger partial charge in [-0.2, -0.15) is 0 Å². The summed E-state index contributed by atoms with van der Waals surface area (Å²) >= 11 is 0. The molecule has 21 heavy (non-hydrogen) atoms. The zero-order valence-corrected chi connectivity index (χ0v) is 12.5. The second-order valence-electron chi connectivity index (χ2n) is 5.41. The number of hydrogen-bond acceptors (Lipinski definition) is 5. The minimum atomic E-state index is 0.648. The van der Waals surface area contributed by atoms with Crippen molar-refractivity contribution >= 4 is 6.01 Å². The van der Waals surface area contributed by atoms with Crippen LogP contribution in [0.15, 0.2) is 28.7 Å². The highest BCUT2D eigenvalue weighted by molar-refractivity contribution is 5.34. The van der Waals surface area contributed by atoms with Crippen LogP contribution in [0, 0.1) is 0 Å². The number of anilines is 1. The monoisotopic (exact) mass is 286 g/mol. The summed E-state index contributed by atoms with van der Waals surface area (Å²) in [6.07, 6.45) is 3.16. The Kier molecular flexibility index (Phi) is 4.50. The van der Waals surface area contributed by atoms with Gasteiger partial charge < -0.3 is 14.6 Å². The minimum Gasteiger partial charge on any atom is -0.407 e. The maximum atomic E-state index is 5.77. The van der Waals surface area contributed by atoms with E-state index in [-0.39, 0.29) is 0 Å². The van der Waals surface area contributed by atoms with E-state index in [2.05, 4.69) is 51.6 Å². The van der Waals surface area contributed by atoms with Gasteiger partial charge in [-0.25, -0.2) is 0 Å². The number of benzene rings is 1. The number of rotatable bonds is 5. The lowest BCUT2D eigenvalue weighted by Crippen LogP contribution is -2.26. The van der Waals surface area contributed by atoms with Gasteiger partial charge in [0.15, 0.2) is 0 Å². The summed E-state index contributed by atoms with van der Waals surface area (Å²) in [6, 6.07) is 9.30. The number of aromatic nitrogens is 2. The van der Waals surface area contributed by atoms with Gasteiger partial charge in [-0.1, -0.05) is 36.3 Å². The van der Waals surface area contributed by atoms with Crippen LogP contribution in [0.2, 0.25) is 0 Å². The fourth-order valence-electron chi connectivity index (χ4n) is 2.68. The molecule has 0 fully saturated rings. The Hall–Kier alpha value is -1.88. The number of nitrogens with zero attached hydrogens (tertiary/aromatic N) is 3. The minimum absolute atomic E-state index is 0.648. The van der Waals surface area contributed by atoms with Crippen molar-refractivity contribution in [2.75, 3.05) is 24.5 Å². The fraction of sp³-hybridized carbons (Fsp3) is 0.500. The van der Waals surface area contributed by atoms with E-state index in [0.717, 1.165) is 38.9 Å². The Labute approximate surface area is 125 Å². The molecule has 1 aromatic heterocycles. The molecule has 5 nitrogen and oxygen atoms in total. The molecule has 0 bridgehead atoms. The van der Waals surface area contributed by atoms with E-state index in [1.54, 1.807) is 0 Å². The number of nitrogens with one attached hydrogen (secondary N) is 1. The van der Waals surface area contributed by atoms with Gasteiger partial charge in [-0.05, 0) is 36.9 Å². The van der Waals surface area contributed by atoms with Gasteiger partial charge in [0, 0.05) is 13.1 Å². The van der Waals surface area contributed by atoms with Crippen molar-refractivity contribution in [2.24, 2.45) is 0 Å². The van der Waals surface area contributed by atoms with Gasteiger partial charge in [-0.15, -0.1) is 5.10 Å². The first-order valence-electron chi connectivity index (χ1n) is 7.71. The van der Waals surface area contributed by atoms with Crippen molar-refractivity contribution in [2.45, 2.75) is 32.7 Å². The van der Waals surface area contributed by atoms with Gasteiger partial charge in [0.25, 0.3) is 0 Å². The molecule has 112 valence electrons. The van der Waals surface area contributed by atoms with Crippen LogP contribution in [-0.4, -0.2) is 29.8 Å². The van der Waals surface area contributed by atoms with Crippen LogP contribution < -0.4 is 10.2 Å². The molecule has 2 aromatic rings. The first-order chi connectivity index (χ1) is 10.4. The smallest absolute Gasteiger partial charge is 0.318 e. The van der Waals surface area contributed by atoms with E-state index in [9.17, 15) is 0 Å². The van der Waals surface area contributed by atoms with Crippen molar-refractivity contribution < 1.29 is 4.42 Å². The molecule has 5 heteroatoms. The van der Waals surface area contributed by atoms with Crippen LogP contribution in [0.4, 0.5) is 6.01 Å². The van der Waals surface area contributed by atoms with E-state index in [4.69, 9.17) is 4.42 Å². The molecule has 0 aliphatic carbocycles. The molecule has 1 N–H and O–H groups in total. The van der Waals surface area contributed by atoms with E-state index in [1.807, 2.05) is 0 Å². The van der Waals surface area contributed by atoms with Gasteiger partial charge >= 0.3 is 6.01 Å². The van der Waals surface area contributed by atoms with Crippen LogP contribution in [0.5, 0.6) is 0 Å². The topological polar surface area (TPSA) is 54.2 Å². The average Bonchev–Trinajstić information content (AvgIpc) is 2.87. The SMILES string of the molecule is CCCNCc1nnc(N2CCc3ccccc3CC2)o1. The highest BCUT2D eigenvalue weighted by Crippen LogP contribution is 2.20. The molecule has 1 aromatic carbocycles. The summed E-state index contributed by atoms with van der Waals surface area (Å²) < 4.78 is 5.77. The second kappa shape index (κ2) is 6.72. The Balaban J connectivity index is 1.63. The zero-order valence-electron chi connectivity index (χ0n) is 12.5. The van der Waals surface area contributed by atoms with Gasteiger partial charge in [0.05, 0.1) is 6.54 Å². The Morgan fingerprint density at radius 2 is 1.86 bits per heavy atom. The lowest BCUT2D eigenvalue weighted by molar-refractivity contribution is 0.461. The zero-order chi connectivity index (χ0) is 14.5. The van der Waals surface area contributed by atoms with Gasteiger partial charge in [0.1, 0.15) is 0 Å². The molecule has 0 saturated heterocycles. The largest absolute Gasteiger partial charge is 0.407 e.